The van der Waals surface area contributed by atoms with E-state index in [0.717, 1.165) is 5.75 Å². The van der Waals surface area contributed by atoms with Crippen LogP contribution in [0.25, 0.3) is 6.08 Å². The molecule has 0 radical (unpaired) electrons. The Kier molecular flexibility index (Phi) is 6.41. The van der Waals surface area contributed by atoms with Crippen molar-refractivity contribution in [2.45, 2.75) is 57.7 Å². The third-order valence-corrected chi connectivity index (χ3v) is 5.25. The molecule has 0 N–H and O–H groups in total. The van der Waals surface area contributed by atoms with E-state index in [4.69, 9.17) is 11.6 Å². The number of nitrogens with zero attached hydrogens (tertiary/aromatic N) is 2. The van der Waals surface area contributed by atoms with Gasteiger partial charge in [-0.25, -0.2) is 4.68 Å². The zero-order valence-corrected chi connectivity index (χ0v) is 17.9. The van der Waals surface area contributed by atoms with Crippen LogP contribution in [0, 0.1) is 5.41 Å². The molecule has 0 saturated heterocycles. The molecule has 0 unspecified atom stereocenters. The van der Waals surface area contributed by atoms with Crippen molar-refractivity contribution in [3.8, 4) is 0 Å². The minimum absolute atomic E-state index is 0.172. The Morgan fingerprint density at radius 2 is 1.73 bits per heavy atom. The standard InChI is InChI=1S/C21H27ClN2OS/c1-20(2,3)12-11-15-7-9-16(10-8-15)14-26-17-13-23-24(21(4,5)6)19(25)18(17)22/h7-13H,14H2,1-6H3. The molecule has 3 nitrogen and oxygen atoms in total. The molecule has 140 valence electrons. The fraction of sp³-hybridized carbons (Fsp3) is 0.429. The van der Waals surface area contributed by atoms with Crippen LogP contribution in [0.1, 0.15) is 52.7 Å². The maximum Gasteiger partial charge on any atom is 0.287 e. The van der Waals surface area contributed by atoms with E-state index in [0.29, 0.717) is 4.90 Å². The highest BCUT2D eigenvalue weighted by atomic mass is 35.5. The van der Waals surface area contributed by atoms with Gasteiger partial charge in [0.15, 0.2) is 0 Å². The topological polar surface area (TPSA) is 34.9 Å². The first-order valence-electron chi connectivity index (χ1n) is 8.67. The van der Waals surface area contributed by atoms with Crippen molar-refractivity contribution in [3.63, 3.8) is 0 Å². The summed E-state index contributed by atoms with van der Waals surface area (Å²) in [6.07, 6.45) is 6.02. The molecule has 0 aliphatic heterocycles. The number of aromatic nitrogens is 2. The zero-order chi connectivity index (χ0) is 19.5. The van der Waals surface area contributed by atoms with E-state index in [-0.39, 0.29) is 21.5 Å². The summed E-state index contributed by atoms with van der Waals surface area (Å²) >= 11 is 7.81. The van der Waals surface area contributed by atoms with Crippen LogP contribution >= 0.6 is 23.4 Å². The quantitative estimate of drug-likeness (QED) is 0.600. The summed E-state index contributed by atoms with van der Waals surface area (Å²) in [5.41, 5.74) is 1.90. The van der Waals surface area contributed by atoms with Gasteiger partial charge in [0.2, 0.25) is 0 Å². The van der Waals surface area contributed by atoms with Gasteiger partial charge in [0.25, 0.3) is 5.56 Å². The summed E-state index contributed by atoms with van der Waals surface area (Å²) in [6.45, 7) is 12.3. The fourth-order valence-corrected chi connectivity index (χ4v) is 3.37. The molecule has 26 heavy (non-hydrogen) atoms. The number of allylic oxidation sites excluding steroid dienone is 1. The minimum atomic E-state index is -0.389. The van der Waals surface area contributed by atoms with Crippen LogP contribution in [0.2, 0.25) is 5.02 Å². The molecule has 0 saturated carbocycles. The van der Waals surface area contributed by atoms with Gasteiger partial charge in [-0.1, -0.05) is 68.8 Å². The minimum Gasteiger partial charge on any atom is -0.266 e. The maximum atomic E-state index is 12.4. The summed E-state index contributed by atoms with van der Waals surface area (Å²) in [5.74, 6) is 0.740. The Morgan fingerprint density at radius 3 is 2.27 bits per heavy atom. The highest BCUT2D eigenvalue weighted by molar-refractivity contribution is 7.98. The summed E-state index contributed by atoms with van der Waals surface area (Å²) in [4.78, 5) is 13.1. The first kappa shape index (κ1) is 20.8. The first-order chi connectivity index (χ1) is 12.0. The van der Waals surface area contributed by atoms with Crippen LogP contribution in [0.3, 0.4) is 0 Å². The Balaban J connectivity index is 2.09. The Morgan fingerprint density at radius 1 is 1.12 bits per heavy atom. The summed E-state index contributed by atoms with van der Waals surface area (Å²) in [6, 6.07) is 8.42. The molecule has 1 heterocycles. The second kappa shape index (κ2) is 8.01. The molecular weight excluding hydrogens is 364 g/mol. The average Bonchev–Trinajstić information content (AvgIpc) is 2.53. The molecule has 0 amide bonds. The number of benzene rings is 1. The molecule has 1 aromatic carbocycles. The predicted octanol–water partition coefficient (Wildman–Crippen LogP) is 6.00. The SMILES string of the molecule is CC(C)(C)C=Cc1ccc(CSc2cnn(C(C)(C)C)c(=O)c2Cl)cc1. The molecule has 0 spiro atoms. The van der Waals surface area contributed by atoms with Gasteiger partial charge in [0.1, 0.15) is 5.02 Å². The van der Waals surface area contributed by atoms with E-state index in [1.807, 2.05) is 20.8 Å². The van der Waals surface area contributed by atoms with E-state index < -0.39 is 0 Å². The highest BCUT2D eigenvalue weighted by Gasteiger charge is 2.19. The maximum absolute atomic E-state index is 12.4. The average molecular weight is 391 g/mol. The third-order valence-electron chi connectivity index (χ3n) is 3.67. The van der Waals surface area contributed by atoms with E-state index in [9.17, 15) is 4.79 Å². The smallest absolute Gasteiger partial charge is 0.266 e. The van der Waals surface area contributed by atoms with Gasteiger partial charge in [-0.2, -0.15) is 5.10 Å². The van der Waals surface area contributed by atoms with Gasteiger partial charge in [0.05, 0.1) is 16.6 Å². The molecule has 0 atom stereocenters. The molecule has 2 aromatic rings. The number of halogens is 1. The molecule has 0 aliphatic carbocycles. The molecule has 0 bridgehead atoms. The van der Waals surface area contributed by atoms with Gasteiger partial charge in [-0.3, -0.25) is 4.79 Å². The lowest BCUT2D eigenvalue weighted by molar-refractivity contribution is 0.336. The Hall–Kier alpha value is -1.52. The van der Waals surface area contributed by atoms with Gasteiger partial charge in [-0.15, -0.1) is 11.8 Å². The monoisotopic (exact) mass is 390 g/mol. The Labute approximate surface area is 165 Å². The van der Waals surface area contributed by atoms with Crippen LogP contribution in [0.4, 0.5) is 0 Å². The van der Waals surface area contributed by atoms with Crippen LogP contribution < -0.4 is 5.56 Å². The van der Waals surface area contributed by atoms with E-state index in [1.165, 1.54) is 27.6 Å². The van der Waals surface area contributed by atoms with Crippen LogP contribution in [-0.4, -0.2) is 9.78 Å². The van der Waals surface area contributed by atoms with Crippen molar-refractivity contribution >= 4 is 29.4 Å². The van der Waals surface area contributed by atoms with Crippen molar-refractivity contribution in [2.75, 3.05) is 0 Å². The molecule has 0 aliphatic rings. The summed E-state index contributed by atoms with van der Waals surface area (Å²) < 4.78 is 1.43. The van der Waals surface area contributed by atoms with Gasteiger partial charge >= 0.3 is 0 Å². The van der Waals surface area contributed by atoms with Gasteiger partial charge in [-0.05, 0) is 37.3 Å². The lowest BCUT2D eigenvalue weighted by Gasteiger charge is -2.21. The second-order valence-corrected chi connectivity index (χ2v) is 9.84. The lowest BCUT2D eigenvalue weighted by atomic mass is 9.95. The molecule has 5 heteroatoms. The number of hydrogen-bond acceptors (Lipinski definition) is 3. The first-order valence-corrected chi connectivity index (χ1v) is 10.0. The van der Waals surface area contributed by atoms with Crippen LogP contribution in [-0.2, 0) is 11.3 Å². The van der Waals surface area contributed by atoms with Gasteiger partial charge in [0, 0.05) is 5.75 Å². The number of hydrogen-bond donors (Lipinski definition) is 0. The van der Waals surface area contributed by atoms with E-state index >= 15 is 0 Å². The predicted molar refractivity (Wildman–Crippen MR) is 113 cm³/mol. The molecule has 0 fully saturated rings. The van der Waals surface area contributed by atoms with Crippen molar-refractivity contribution < 1.29 is 0 Å². The highest BCUT2D eigenvalue weighted by Crippen LogP contribution is 2.28. The fourth-order valence-electron chi connectivity index (χ4n) is 2.23. The number of thioether (sulfide) groups is 1. The largest absolute Gasteiger partial charge is 0.287 e. The molecule has 1 aromatic heterocycles. The third kappa shape index (κ3) is 5.75. The molecule has 2 rings (SSSR count). The van der Waals surface area contributed by atoms with Crippen molar-refractivity contribution in [1.29, 1.82) is 0 Å². The van der Waals surface area contributed by atoms with E-state index in [1.54, 1.807) is 6.20 Å². The van der Waals surface area contributed by atoms with Gasteiger partial charge < -0.3 is 0 Å². The van der Waals surface area contributed by atoms with E-state index in [2.05, 4.69) is 62.3 Å². The lowest BCUT2D eigenvalue weighted by Crippen LogP contribution is -2.36. The zero-order valence-electron chi connectivity index (χ0n) is 16.3. The number of rotatable bonds is 4. The second-order valence-electron chi connectivity index (χ2n) is 8.44. The Bertz CT molecular complexity index is 840. The van der Waals surface area contributed by atoms with Crippen molar-refractivity contribution in [2.24, 2.45) is 5.41 Å². The van der Waals surface area contributed by atoms with Crippen LogP contribution in [0.15, 0.2) is 46.2 Å². The summed E-state index contributed by atoms with van der Waals surface area (Å²) in [7, 11) is 0. The van der Waals surface area contributed by atoms with Crippen LogP contribution in [0.5, 0.6) is 0 Å². The summed E-state index contributed by atoms with van der Waals surface area (Å²) in [5, 5.41) is 4.51. The van der Waals surface area contributed by atoms with Crippen molar-refractivity contribution in [3.05, 3.63) is 63.0 Å². The molecular formula is C21H27ClN2OS. The normalized spacial score (nSPS) is 12.7. The van der Waals surface area contributed by atoms with Crippen molar-refractivity contribution in [1.82, 2.24) is 9.78 Å².